The quantitative estimate of drug-likeness (QED) is 0.838. The fourth-order valence-corrected chi connectivity index (χ4v) is 2.11. The van der Waals surface area contributed by atoms with Crippen LogP contribution in [0.2, 0.25) is 0 Å². The minimum atomic E-state index is -0.399. The molecule has 0 aromatic heterocycles. The first-order valence-corrected chi connectivity index (χ1v) is 6.54. The molecule has 0 radical (unpaired) electrons. The van der Waals surface area contributed by atoms with Crippen molar-refractivity contribution in [3.63, 3.8) is 0 Å². The van der Waals surface area contributed by atoms with Gasteiger partial charge in [0, 0.05) is 29.2 Å². The first-order chi connectivity index (χ1) is 9.06. The summed E-state index contributed by atoms with van der Waals surface area (Å²) < 4.78 is 14.2. The molecular weight excluding hydrogens is 315 g/mol. The van der Waals surface area contributed by atoms with Crippen LogP contribution in [0.25, 0.3) is 6.08 Å². The van der Waals surface area contributed by atoms with Crippen LogP contribution in [-0.2, 0) is 9.59 Å². The smallest absolute Gasteiger partial charge is 0.247 e. The van der Waals surface area contributed by atoms with E-state index in [9.17, 15) is 14.0 Å². The third-order valence-corrected chi connectivity index (χ3v) is 3.21. The Morgan fingerprint density at radius 1 is 1.47 bits per heavy atom. The van der Waals surface area contributed by atoms with E-state index in [1.807, 2.05) is 0 Å². The monoisotopic (exact) mass is 326 g/mol. The molecule has 19 heavy (non-hydrogen) atoms. The zero-order chi connectivity index (χ0) is 13.8. The summed E-state index contributed by atoms with van der Waals surface area (Å²) in [6.07, 6.45) is 2.69. The van der Waals surface area contributed by atoms with Gasteiger partial charge < -0.3 is 10.2 Å². The van der Waals surface area contributed by atoms with E-state index in [0.717, 1.165) is 4.47 Å². The number of rotatable bonds is 2. The molecule has 2 rings (SSSR count). The molecule has 0 spiro atoms. The van der Waals surface area contributed by atoms with E-state index >= 15 is 0 Å². The van der Waals surface area contributed by atoms with Gasteiger partial charge >= 0.3 is 0 Å². The molecule has 1 fully saturated rings. The van der Waals surface area contributed by atoms with Crippen LogP contribution in [-0.4, -0.2) is 36.3 Å². The molecule has 6 heteroatoms. The number of hydrogen-bond donors (Lipinski definition) is 1. The summed E-state index contributed by atoms with van der Waals surface area (Å²) in [5.74, 6) is -0.875. The third-order valence-electron chi connectivity index (χ3n) is 2.71. The van der Waals surface area contributed by atoms with Gasteiger partial charge in [0.2, 0.25) is 11.8 Å². The number of amides is 2. The predicted octanol–water partition coefficient (Wildman–Crippen LogP) is 1.56. The molecule has 1 N–H and O–H groups in total. The second-order valence-electron chi connectivity index (χ2n) is 4.11. The van der Waals surface area contributed by atoms with Gasteiger partial charge in [0.05, 0.1) is 6.54 Å². The fourth-order valence-electron chi connectivity index (χ4n) is 1.74. The lowest BCUT2D eigenvalue weighted by molar-refractivity contribution is -0.134. The molecule has 1 heterocycles. The molecular formula is C13H12BrFN2O2. The zero-order valence-corrected chi connectivity index (χ0v) is 11.6. The number of hydrogen-bond acceptors (Lipinski definition) is 2. The number of carbonyl (C=O) groups excluding carboxylic acids is 2. The number of nitrogens with zero attached hydrogens (tertiary/aromatic N) is 1. The molecule has 1 aromatic carbocycles. The van der Waals surface area contributed by atoms with E-state index in [1.54, 1.807) is 12.1 Å². The van der Waals surface area contributed by atoms with E-state index in [1.165, 1.54) is 23.1 Å². The highest BCUT2D eigenvalue weighted by Crippen LogP contribution is 2.16. The number of piperazine rings is 1. The molecule has 2 amide bonds. The predicted molar refractivity (Wildman–Crippen MR) is 72.7 cm³/mol. The molecule has 0 unspecified atom stereocenters. The van der Waals surface area contributed by atoms with Crippen LogP contribution < -0.4 is 5.32 Å². The van der Waals surface area contributed by atoms with E-state index in [0.29, 0.717) is 18.7 Å². The summed E-state index contributed by atoms with van der Waals surface area (Å²) in [5.41, 5.74) is 0.323. The summed E-state index contributed by atoms with van der Waals surface area (Å²) in [6, 6.07) is 4.49. The molecule has 0 bridgehead atoms. The Labute approximate surface area is 118 Å². The van der Waals surface area contributed by atoms with Crippen LogP contribution in [0.15, 0.2) is 28.7 Å². The van der Waals surface area contributed by atoms with E-state index in [4.69, 9.17) is 0 Å². The van der Waals surface area contributed by atoms with Crippen LogP contribution in [0.3, 0.4) is 0 Å². The topological polar surface area (TPSA) is 49.4 Å². The van der Waals surface area contributed by atoms with Crippen molar-refractivity contribution < 1.29 is 14.0 Å². The van der Waals surface area contributed by atoms with E-state index < -0.39 is 5.82 Å². The average molecular weight is 327 g/mol. The molecule has 4 nitrogen and oxygen atoms in total. The maximum absolute atomic E-state index is 13.5. The lowest BCUT2D eigenvalue weighted by Crippen LogP contribution is -2.49. The molecule has 1 aliphatic heterocycles. The summed E-state index contributed by atoms with van der Waals surface area (Å²) in [4.78, 5) is 24.4. The Morgan fingerprint density at radius 2 is 2.26 bits per heavy atom. The van der Waals surface area contributed by atoms with Crippen molar-refractivity contribution >= 4 is 33.8 Å². The lowest BCUT2D eigenvalue weighted by atomic mass is 10.2. The number of nitrogens with one attached hydrogen (secondary N) is 1. The fraction of sp³-hybridized carbons (Fsp3) is 0.231. The number of carbonyl (C=O) groups is 2. The van der Waals surface area contributed by atoms with Crippen molar-refractivity contribution in [3.05, 3.63) is 40.1 Å². The summed E-state index contributed by atoms with van der Waals surface area (Å²) in [5, 5.41) is 2.63. The van der Waals surface area contributed by atoms with Gasteiger partial charge in [0.1, 0.15) is 5.82 Å². The van der Waals surface area contributed by atoms with Gasteiger partial charge in [0.15, 0.2) is 0 Å². The van der Waals surface area contributed by atoms with Gasteiger partial charge in [0.25, 0.3) is 0 Å². The Hall–Kier alpha value is -1.69. The number of benzene rings is 1. The normalized spacial score (nSPS) is 15.7. The Balaban J connectivity index is 2.07. The molecule has 100 valence electrons. The second kappa shape index (κ2) is 5.97. The first kappa shape index (κ1) is 13.7. The zero-order valence-electron chi connectivity index (χ0n) is 10.0. The minimum Gasteiger partial charge on any atom is -0.353 e. The summed E-state index contributed by atoms with van der Waals surface area (Å²) in [6.45, 7) is 0.962. The van der Waals surface area contributed by atoms with Crippen LogP contribution in [0.5, 0.6) is 0 Å². The molecule has 1 aromatic rings. The van der Waals surface area contributed by atoms with Crippen molar-refractivity contribution in [1.82, 2.24) is 10.2 Å². The van der Waals surface area contributed by atoms with Crippen molar-refractivity contribution in [3.8, 4) is 0 Å². The Bertz CT molecular complexity index is 545. The van der Waals surface area contributed by atoms with Crippen LogP contribution >= 0.6 is 15.9 Å². The molecule has 0 aliphatic carbocycles. The van der Waals surface area contributed by atoms with Gasteiger partial charge in [-0.2, -0.15) is 0 Å². The number of halogens is 2. The maximum Gasteiger partial charge on any atom is 0.247 e. The summed E-state index contributed by atoms with van der Waals surface area (Å²) in [7, 11) is 0. The van der Waals surface area contributed by atoms with Gasteiger partial charge in [-0.1, -0.05) is 15.9 Å². The van der Waals surface area contributed by atoms with Gasteiger partial charge in [-0.05, 0) is 24.3 Å². The minimum absolute atomic E-state index is 0.0458. The van der Waals surface area contributed by atoms with Crippen molar-refractivity contribution in [1.29, 1.82) is 0 Å². The van der Waals surface area contributed by atoms with Gasteiger partial charge in [-0.3, -0.25) is 9.59 Å². The highest BCUT2D eigenvalue weighted by atomic mass is 79.9. The SMILES string of the molecule is O=C1CN(C(=O)/C=C/c2cc(Br)ccc2F)CCN1. The standard InChI is InChI=1S/C13H12BrFN2O2/c14-10-2-3-11(15)9(7-10)1-4-13(19)17-6-5-16-12(18)8-17/h1-4,7H,5-6,8H2,(H,16,18)/b4-1+. The molecule has 0 atom stereocenters. The molecule has 1 saturated heterocycles. The highest BCUT2D eigenvalue weighted by Gasteiger charge is 2.19. The lowest BCUT2D eigenvalue weighted by Gasteiger charge is -2.25. The van der Waals surface area contributed by atoms with Crippen molar-refractivity contribution in [2.45, 2.75) is 0 Å². The van der Waals surface area contributed by atoms with Crippen molar-refractivity contribution in [2.75, 3.05) is 19.6 Å². The summed E-state index contributed by atoms with van der Waals surface area (Å²) >= 11 is 3.24. The molecule has 1 aliphatic rings. The maximum atomic E-state index is 13.5. The van der Waals surface area contributed by atoms with Crippen molar-refractivity contribution in [2.24, 2.45) is 0 Å². The van der Waals surface area contributed by atoms with Gasteiger partial charge in [-0.15, -0.1) is 0 Å². The third kappa shape index (κ3) is 3.64. The van der Waals surface area contributed by atoms with Crippen LogP contribution in [0.4, 0.5) is 4.39 Å². The Morgan fingerprint density at radius 3 is 3.00 bits per heavy atom. The Kier molecular flexibility index (Phi) is 4.31. The highest BCUT2D eigenvalue weighted by molar-refractivity contribution is 9.10. The first-order valence-electron chi connectivity index (χ1n) is 5.75. The average Bonchev–Trinajstić information content (AvgIpc) is 2.39. The van der Waals surface area contributed by atoms with Crippen LogP contribution in [0, 0.1) is 5.82 Å². The van der Waals surface area contributed by atoms with Gasteiger partial charge in [-0.25, -0.2) is 4.39 Å². The van der Waals surface area contributed by atoms with E-state index in [2.05, 4.69) is 21.2 Å². The van der Waals surface area contributed by atoms with Crippen LogP contribution in [0.1, 0.15) is 5.56 Å². The second-order valence-corrected chi connectivity index (χ2v) is 5.02. The molecule has 0 saturated carbocycles. The largest absolute Gasteiger partial charge is 0.353 e. The van der Waals surface area contributed by atoms with E-state index in [-0.39, 0.29) is 18.4 Å².